The number of carbonyl (C=O) groups excluding carboxylic acids is 1. The molecule has 1 aromatic rings. The molecule has 0 aliphatic carbocycles. The maximum Gasteiger partial charge on any atom is 0.164 e. The molecule has 1 atom stereocenters. The molecule has 0 heterocycles. The molecule has 0 saturated heterocycles. The van der Waals surface area contributed by atoms with Crippen molar-refractivity contribution in [1.82, 2.24) is 0 Å². The predicted molar refractivity (Wildman–Crippen MR) is 63.2 cm³/mol. The highest BCUT2D eigenvalue weighted by atomic mass is 35.5. The highest BCUT2D eigenvalue weighted by Crippen LogP contribution is 2.19. The van der Waals surface area contributed by atoms with Crippen molar-refractivity contribution in [2.24, 2.45) is 11.7 Å². The second-order valence-corrected chi connectivity index (χ2v) is 4.02. The van der Waals surface area contributed by atoms with Gasteiger partial charge in [-0.15, -0.1) is 0 Å². The first-order valence-electron chi connectivity index (χ1n) is 5.16. The van der Waals surface area contributed by atoms with Crippen LogP contribution in [0.25, 0.3) is 0 Å². The van der Waals surface area contributed by atoms with Crippen molar-refractivity contribution in [1.29, 1.82) is 0 Å². The van der Waals surface area contributed by atoms with Crippen molar-refractivity contribution < 1.29 is 4.79 Å². The summed E-state index contributed by atoms with van der Waals surface area (Å²) in [7, 11) is 0. The number of Topliss-reactive ketones (excluding diaryl/α,β-unsaturated/α-hetero) is 1. The van der Waals surface area contributed by atoms with Crippen molar-refractivity contribution in [3.8, 4) is 0 Å². The summed E-state index contributed by atoms with van der Waals surface area (Å²) >= 11 is 5.94. The first kappa shape index (κ1) is 12.2. The Balaban J connectivity index is 2.73. The fourth-order valence-corrected chi connectivity index (χ4v) is 1.69. The van der Waals surface area contributed by atoms with E-state index in [4.69, 9.17) is 17.3 Å². The molecular formula is C12H16ClNO. The minimum atomic E-state index is 0.0814. The van der Waals surface area contributed by atoms with Gasteiger partial charge in [0.05, 0.1) is 5.02 Å². The van der Waals surface area contributed by atoms with Gasteiger partial charge in [-0.05, 0) is 24.6 Å². The van der Waals surface area contributed by atoms with E-state index in [2.05, 4.69) is 0 Å². The topological polar surface area (TPSA) is 43.1 Å². The fraction of sp³-hybridized carbons (Fsp3) is 0.417. The number of benzene rings is 1. The van der Waals surface area contributed by atoms with Gasteiger partial charge in [-0.25, -0.2) is 0 Å². The van der Waals surface area contributed by atoms with Crippen LogP contribution in [0.1, 0.15) is 30.1 Å². The van der Waals surface area contributed by atoms with Crippen LogP contribution in [0.15, 0.2) is 24.3 Å². The van der Waals surface area contributed by atoms with E-state index < -0.39 is 0 Å². The maximum atomic E-state index is 11.9. The van der Waals surface area contributed by atoms with Crippen LogP contribution >= 0.6 is 11.6 Å². The maximum absolute atomic E-state index is 11.9. The van der Waals surface area contributed by atoms with Gasteiger partial charge in [0.1, 0.15) is 0 Å². The number of hydrogen-bond acceptors (Lipinski definition) is 2. The lowest BCUT2D eigenvalue weighted by Gasteiger charge is -2.11. The molecule has 0 radical (unpaired) electrons. The van der Waals surface area contributed by atoms with E-state index in [9.17, 15) is 4.79 Å². The number of carbonyl (C=O) groups is 1. The zero-order valence-corrected chi connectivity index (χ0v) is 9.63. The summed E-state index contributed by atoms with van der Waals surface area (Å²) in [5.41, 5.74) is 6.17. The average Bonchev–Trinajstić information content (AvgIpc) is 2.26. The Morgan fingerprint density at radius 2 is 2.13 bits per heavy atom. The molecule has 0 aromatic heterocycles. The molecule has 0 spiro atoms. The molecule has 0 fully saturated rings. The van der Waals surface area contributed by atoms with Crippen LogP contribution in [0, 0.1) is 5.92 Å². The Bertz CT molecular complexity index is 334. The number of hydrogen-bond donors (Lipinski definition) is 1. The van der Waals surface area contributed by atoms with Crippen molar-refractivity contribution >= 4 is 17.4 Å². The Morgan fingerprint density at radius 3 is 2.67 bits per heavy atom. The molecule has 1 aromatic carbocycles. The number of nitrogens with two attached hydrogens (primary N) is 1. The standard InChI is InChI=1S/C12H16ClNO/c1-2-9(8-14)7-12(15)10-5-3-4-6-11(10)13/h3-6,9H,2,7-8,14H2,1H3. The zero-order chi connectivity index (χ0) is 11.3. The molecule has 0 bridgehead atoms. The smallest absolute Gasteiger partial charge is 0.164 e. The minimum absolute atomic E-state index is 0.0814. The van der Waals surface area contributed by atoms with Gasteiger partial charge >= 0.3 is 0 Å². The van der Waals surface area contributed by atoms with Gasteiger partial charge in [0.2, 0.25) is 0 Å². The molecule has 15 heavy (non-hydrogen) atoms. The van der Waals surface area contributed by atoms with Gasteiger partial charge in [-0.3, -0.25) is 4.79 Å². The summed E-state index contributed by atoms with van der Waals surface area (Å²) < 4.78 is 0. The van der Waals surface area contributed by atoms with E-state index in [1.807, 2.05) is 19.1 Å². The van der Waals surface area contributed by atoms with Crippen molar-refractivity contribution in [2.45, 2.75) is 19.8 Å². The average molecular weight is 226 g/mol. The first-order valence-corrected chi connectivity index (χ1v) is 5.54. The lowest BCUT2D eigenvalue weighted by molar-refractivity contribution is 0.0961. The lowest BCUT2D eigenvalue weighted by Crippen LogP contribution is -2.17. The van der Waals surface area contributed by atoms with Crippen LogP contribution in [0.4, 0.5) is 0 Å². The summed E-state index contributed by atoms with van der Waals surface area (Å²) in [5, 5.41) is 0.523. The fourth-order valence-electron chi connectivity index (χ4n) is 1.45. The zero-order valence-electron chi connectivity index (χ0n) is 8.87. The minimum Gasteiger partial charge on any atom is -0.330 e. The highest BCUT2D eigenvalue weighted by molar-refractivity contribution is 6.33. The molecule has 82 valence electrons. The molecule has 0 saturated carbocycles. The van der Waals surface area contributed by atoms with Gasteiger partial charge < -0.3 is 5.73 Å². The summed E-state index contributed by atoms with van der Waals surface area (Å²) in [6.07, 6.45) is 1.41. The SMILES string of the molecule is CCC(CN)CC(=O)c1ccccc1Cl. The van der Waals surface area contributed by atoms with Crippen LogP contribution in [0.3, 0.4) is 0 Å². The van der Waals surface area contributed by atoms with E-state index >= 15 is 0 Å². The molecule has 2 N–H and O–H groups in total. The number of halogens is 1. The Hall–Kier alpha value is -0.860. The van der Waals surface area contributed by atoms with Crippen molar-refractivity contribution in [2.75, 3.05) is 6.54 Å². The molecule has 0 aliphatic rings. The number of ketones is 1. The molecule has 1 unspecified atom stereocenters. The van der Waals surface area contributed by atoms with Crippen LogP contribution in [0.2, 0.25) is 5.02 Å². The van der Waals surface area contributed by atoms with Gasteiger partial charge in [0, 0.05) is 12.0 Å². The summed E-state index contributed by atoms with van der Waals surface area (Å²) in [6, 6.07) is 7.13. The summed E-state index contributed by atoms with van der Waals surface area (Å²) in [5.74, 6) is 0.340. The molecular weight excluding hydrogens is 210 g/mol. The first-order chi connectivity index (χ1) is 7.19. The molecule has 0 amide bonds. The monoisotopic (exact) mass is 225 g/mol. The third-order valence-corrected chi connectivity index (χ3v) is 2.89. The number of rotatable bonds is 5. The molecule has 1 rings (SSSR count). The Kier molecular flexibility index (Phi) is 4.79. The summed E-state index contributed by atoms with van der Waals surface area (Å²) in [4.78, 5) is 11.9. The Labute approximate surface area is 95.4 Å². The summed E-state index contributed by atoms with van der Waals surface area (Å²) in [6.45, 7) is 2.59. The molecule has 3 heteroatoms. The second-order valence-electron chi connectivity index (χ2n) is 3.62. The van der Waals surface area contributed by atoms with E-state index in [0.717, 1.165) is 6.42 Å². The van der Waals surface area contributed by atoms with E-state index in [-0.39, 0.29) is 11.7 Å². The van der Waals surface area contributed by atoms with Crippen LogP contribution in [-0.2, 0) is 0 Å². The quantitative estimate of drug-likeness (QED) is 0.783. The largest absolute Gasteiger partial charge is 0.330 e. The van der Waals surface area contributed by atoms with E-state index in [1.165, 1.54) is 0 Å². The van der Waals surface area contributed by atoms with Crippen molar-refractivity contribution in [3.63, 3.8) is 0 Å². The van der Waals surface area contributed by atoms with Crippen LogP contribution < -0.4 is 5.73 Å². The second kappa shape index (κ2) is 5.89. The molecule has 0 aliphatic heterocycles. The van der Waals surface area contributed by atoms with Gasteiger partial charge in [-0.2, -0.15) is 0 Å². The van der Waals surface area contributed by atoms with Gasteiger partial charge in [-0.1, -0.05) is 37.1 Å². The third kappa shape index (κ3) is 3.33. The third-order valence-electron chi connectivity index (χ3n) is 2.56. The normalized spacial score (nSPS) is 12.5. The van der Waals surface area contributed by atoms with Crippen LogP contribution in [0.5, 0.6) is 0 Å². The highest BCUT2D eigenvalue weighted by Gasteiger charge is 2.14. The molecule has 2 nitrogen and oxygen atoms in total. The lowest BCUT2D eigenvalue weighted by atomic mass is 9.96. The van der Waals surface area contributed by atoms with Gasteiger partial charge in [0.25, 0.3) is 0 Å². The van der Waals surface area contributed by atoms with Crippen LogP contribution in [-0.4, -0.2) is 12.3 Å². The van der Waals surface area contributed by atoms with Gasteiger partial charge in [0.15, 0.2) is 5.78 Å². The van der Waals surface area contributed by atoms with Crippen molar-refractivity contribution in [3.05, 3.63) is 34.9 Å². The predicted octanol–water partition coefficient (Wildman–Crippen LogP) is 2.90. The Morgan fingerprint density at radius 1 is 1.47 bits per heavy atom. The van der Waals surface area contributed by atoms with E-state index in [0.29, 0.717) is 23.6 Å². The van der Waals surface area contributed by atoms with E-state index in [1.54, 1.807) is 12.1 Å².